The molecule has 0 heterocycles. The summed E-state index contributed by atoms with van der Waals surface area (Å²) in [6, 6.07) is 8.85. The largest absolute Gasteiger partial charge is 0.469 e. The molecule has 6 nitrogen and oxygen atoms in total. The van der Waals surface area contributed by atoms with E-state index in [-0.39, 0.29) is 34.7 Å². The van der Waals surface area contributed by atoms with E-state index >= 15 is 0 Å². The normalized spacial score (nSPS) is 22.0. The highest BCUT2D eigenvalue weighted by Crippen LogP contribution is 2.43. The van der Waals surface area contributed by atoms with Crippen LogP contribution in [0.1, 0.15) is 112 Å². The number of aliphatic hydroxyl groups is 1. The van der Waals surface area contributed by atoms with Crippen LogP contribution in [-0.2, 0) is 18.8 Å². The SMILES string of the molecule is CCCCC(C)(O)C/C=C/[C@H]1[C@H](O[Si](C)(c2ccc(N(C)CC)cc2)C(C)(C)C)CC(=O)[C@@H]1CCCCCCC(=O)OC. The van der Waals surface area contributed by atoms with Crippen molar-refractivity contribution in [2.75, 3.05) is 25.6 Å². The van der Waals surface area contributed by atoms with E-state index in [1.165, 1.54) is 18.0 Å². The minimum absolute atomic E-state index is 0.00998. The van der Waals surface area contributed by atoms with Gasteiger partial charge in [0.15, 0.2) is 0 Å². The smallest absolute Gasteiger partial charge is 0.305 e. The van der Waals surface area contributed by atoms with E-state index in [0.29, 0.717) is 19.3 Å². The molecule has 244 valence electrons. The number of carbonyl (C=O) groups is 2. The van der Waals surface area contributed by atoms with Gasteiger partial charge in [0.25, 0.3) is 0 Å². The number of nitrogens with zero attached hydrogens (tertiary/aromatic N) is 1. The van der Waals surface area contributed by atoms with E-state index in [1.54, 1.807) is 0 Å². The Morgan fingerprint density at radius 1 is 1.07 bits per heavy atom. The van der Waals surface area contributed by atoms with Crippen LogP contribution in [0.4, 0.5) is 5.69 Å². The topological polar surface area (TPSA) is 76.1 Å². The minimum Gasteiger partial charge on any atom is -0.469 e. The molecule has 1 saturated carbocycles. The molecule has 5 atom stereocenters. The predicted molar refractivity (Wildman–Crippen MR) is 181 cm³/mol. The summed E-state index contributed by atoms with van der Waals surface area (Å²) < 4.78 is 12.0. The van der Waals surface area contributed by atoms with Crippen molar-refractivity contribution in [1.29, 1.82) is 0 Å². The molecule has 2 unspecified atom stereocenters. The number of anilines is 1. The maximum atomic E-state index is 13.6. The molecule has 0 amide bonds. The third kappa shape index (κ3) is 10.9. The summed E-state index contributed by atoms with van der Waals surface area (Å²) in [6.45, 7) is 16.3. The monoisotopic (exact) mass is 615 g/mol. The summed E-state index contributed by atoms with van der Waals surface area (Å²) >= 11 is 0. The van der Waals surface area contributed by atoms with Crippen molar-refractivity contribution >= 4 is 30.9 Å². The van der Waals surface area contributed by atoms with Gasteiger partial charge in [0, 0.05) is 44.0 Å². The van der Waals surface area contributed by atoms with E-state index in [0.717, 1.165) is 57.9 Å². The molecule has 0 spiro atoms. The first-order valence-corrected chi connectivity index (χ1v) is 19.1. The third-order valence-electron chi connectivity index (χ3n) is 9.72. The molecule has 7 heteroatoms. The van der Waals surface area contributed by atoms with Crippen LogP contribution >= 0.6 is 0 Å². The van der Waals surface area contributed by atoms with Gasteiger partial charge in [-0.15, -0.1) is 0 Å². The molecule has 1 aromatic carbocycles. The van der Waals surface area contributed by atoms with Gasteiger partial charge in [-0.3, -0.25) is 9.59 Å². The number of carbonyl (C=O) groups excluding carboxylic acids is 2. The van der Waals surface area contributed by atoms with Crippen LogP contribution in [0.5, 0.6) is 0 Å². The lowest BCUT2D eigenvalue weighted by Crippen LogP contribution is -2.57. The molecule has 1 fully saturated rings. The van der Waals surface area contributed by atoms with Gasteiger partial charge in [-0.05, 0) is 68.4 Å². The molecule has 43 heavy (non-hydrogen) atoms. The van der Waals surface area contributed by atoms with Crippen LogP contribution in [0, 0.1) is 11.8 Å². The molecule has 1 N–H and O–H groups in total. The summed E-state index contributed by atoms with van der Waals surface area (Å²) in [5.41, 5.74) is 0.443. The molecule has 0 aliphatic heterocycles. The Balaban J connectivity index is 2.29. The Morgan fingerprint density at radius 2 is 1.72 bits per heavy atom. The number of hydrogen-bond acceptors (Lipinski definition) is 6. The first kappa shape index (κ1) is 37.2. The fraction of sp³-hybridized carbons (Fsp3) is 0.722. The highest BCUT2D eigenvalue weighted by molar-refractivity contribution is 6.88. The summed E-state index contributed by atoms with van der Waals surface area (Å²) in [6.07, 6.45) is 12.9. The van der Waals surface area contributed by atoms with Crippen molar-refractivity contribution in [1.82, 2.24) is 0 Å². The van der Waals surface area contributed by atoms with Crippen molar-refractivity contribution in [3.05, 3.63) is 36.4 Å². The predicted octanol–water partition coefficient (Wildman–Crippen LogP) is 7.72. The summed E-state index contributed by atoms with van der Waals surface area (Å²) in [5.74, 6) is 0.0339. The van der Waals surface area contributed by atoms with E-state index in [9.17, 15) is 14.7 Å². The Kier molecular flexibility index (Phi) is 14.7. The summed E-state index contributed by atoms with van der Waals surface area (Å²) in [5, 5.41) is 12.1. The van der Waals surface area contributed by atoms with E-state index < -0.39 is 13.9 Å². The van der Waals surface area contributed by atoms with Crippen LogP contribution in [0.3, 0.4) is 0 Å². The zero-order valence-electron chi connectivity index (χ0n) is 28.7. The molecule has 1 aromatic rings. The molecule has 2 rings (SSSR count). The van der Waals surface area contributed by atoms with Crippen molar-refractivity contribution < 1.29 is 23.9 Å². The zero-order chi connectivity index (χ0) is 32.3. The maximum Gasteiger partial charge on any atom is 0.305 e. The van der Waals surface area contributed by atoms with E-state index in [4.69, 9.17) is 9.16 Å². The fourth-order valence-electron chi connectivity index (χ4n) is 6.12. The Labute approximate surface area is 263 Å². The Hall–Kier alpha value is -1.96. The van der Waals surface area contributed by atoms with Crippen molar-refractivity contribution in [3.63, 3.8) is 0 Å². The first-order valence-electron chi connectivity index (χ1n) is 16.7. The van der Waals surface area contributed by atoms with Crippen LogP contribution in [0.25, 0.3) is 0 Å². The van der Waals surface area contributed by atoms with Gasteiger partial charge < -0.3 is 19.2 Å². The molecule has 0 saturated heterocycles. The van der Waals surface area contributed by atoms with Gasteiger partial charge in [0.2, 0.25) is 8.32 Å². The van der Waals surface area contributed by atoms with Crippen molar-refractivity contribution in [2.24, 2.45) is 11.8 Å². The van der Waals surface area contributed by atoms with E-state index in [1.807, 2.05) is 6.92 Å². The van der Waals surface area contributed by atoms with Crippen LogP contribution in [0.2, 0.25) is 11.6 Å². The lowest BCUT2D eigenvalue weighted by molar-refractivity contribution is -0.140. The zero-order valence-corrected chi connectivity index (χ0v) is 29.7. The van der Waals surface area contributed by atoms with Gasteiger partial charge in [0.1, 0.15) is 5.78 Å². The van der Waals surface area contributed by atoms with Crippen molar-refractivity contribution in [3.8, 4) is 0 Å². The average molecular weight is 616 g/mol. The Morgan fingerprint density at radius 3 is 2.30 bits per heavy atom. The van der Waals surface area contributed by atoms with Gasteiger partial charge in [-0.1, -0.05) is 84.1 Å². The number of rotatable bonds is 18. The fourth-order valence-corrected chi connectivity index (χ4v) is 9.12. The Bertz CT molecular complexity index is 1030. The molecule has 1 aliphatic rings. The molecular weight excluding hydrogens is 554 g/mol. The molecular formula is C36H61NO5Si. The molecule has 1 aliphatic carbocycles. The lowest BCUT2D eigenvalue weighted by Gasteiger charge is -2.43. The number of hydrogen-bond donors (Lipinski definition) is 1. The van der Waals surface area contributed by atoms with Gasteiger partial charge in [-0.2, -0.15) is 0 Å². The molecule has 0 aromatic heterocycles. The van der Waals surface area contributed by atoms with Gasteiger partial charge >= 0.3 is 5.97 Å². The van der Waals surface area contributed by atoms with Crippen LogP contribution in [0.15, 0.2) is 36.4 Å². The maximum absolute atomic E-state index is 13.6. The quantitative estimate of drug-likeness (QED) is 0.0789. The summed E-state index contributed by atoms with van der Waals surface area (Å²) in [7, 11) is 1.01. The molecule has 0 radical (unpaired) electrons. The van der Waals surface area contributed by atoms with Gasteiger partial charge in [0.05, 0.1) is 18.8 Å². The highest BCUT2D eigenvalue weighted by Gasteiger charge is 2.50. The number of ether oxygens (including phenoxy) is 1. The van der Waals surface area contributed by atoms with Crippen molar-refractivity contribution in [2.45, 2.75) is 135 Å². The molecule has 0 bridgehead atoms. The number of esters is 1. The van der Waals surface area contributed by atoms with E-state index in [2.05, 4.69) is 89.5 Å². The van der Waals surface area contributed by atoms with Crippen LogP contribution < -0.4 is 10.1 Å². The van der Waals surface area contributed by atoms with Gasteiger partial charge in [-0.25, -0.2) is 0 Å². The van der Waals surface area contributed by atoms with Crippen LogP contribution in [-0.4, -0.2) is 57.6 Å². The number of ketones is 1. The lowest BCUT2D eigenvalue weighted by atomic mass is 9.87. The third-order valence-corrected chi connectivity index (χ3v) is 14.8. The second-order valence-corrected chi connectivity index (χ2v) is 18.5. The number of unbranched alkanes of at least 4 members (excludes halogenated alkanes) is 4. The second kappa shape index (κ2) is 16.9. The first-order chi connectivity index (χ1) is 20.2. The number of Topliss-reactive ketones (excluding diaryl/α,β-unsaturated/α-hetero) is 1. The highest BCUT2D eigenvalue weighted by atomic mass is 28.4. The number of benzene rings is 1. The number of methoxy groups -OCH3 is 1. The average Bonchev–Trinajstić information content (AvgIpc) is 3.25. The standard InChI is InChI=1S/C36H61NO5Si/c1-10-12-25-36(6,40)26-17-19-31-30(18-15-13-14-16-20-34(39)41-8)32(38)27-33(31)42-43(9,35(3,4)5)29-23-21-28(22-24-29)37(7)11-2/h17,19,21-24,30-31,33,40H,10-16,18,20,25-27H2,1-9H3/b19-17+/t30-,31-,33-,36?,43?/m1/s1. The second-order valence-electron chi connectivity index (χ2n) is 14.1. The summed E-state index contributed by atoms with van der Waals surface area (Å²) in [4.78, 5) is 27.2. The minimum atomic E-state index is -2.52.